The van der Waals surface area contributed by atoms with Crippen LogP contribution in [0.4, 0.5) is 0 Å². The molecule has 0 saturated carbocycles. The Morgan fingerprint density at radius 2 is 1.79 bits per heavy atom. The SMILES string of the molecule is NS(=O)(=O)c1cc2ccccc2n1-c1ccccn1. The molecule has 2 aromatic heterocycles. The Kier molecular flexibility index (Phi) is 2.62. The number of pyridine rings is 1. The number of rotatable bonds is 2. The van der Waals surface area contributed by atoms with E-state index in [2.05, 4.69) is 4.98 Å². The van der Waals surface area contributed by atoms with Crippen LogP contribution in [0.5, 0.6) is 0 Å². The molecule has 1 aromatic carbocycles. The molecule has 0 spiro atoms. The molecule has 0 aliphatic rings. The number of fused-ring (bicyclic) bond motifs is 1. The number of hydrogen-bond acceptors (Lipinski definition) is 3. The molecule has 2 N–H and O–H groups in total. The molecule has 0 fully saturated rings. The van der Waals surface area contributed by atoms with Crippen LogP contribution in [0.2, 0.25) is 0 Å². The zero-order chi connectivity index (χ0) is 13.5. The first kappa shape index (κ1) is 11.9. The molecule has 3 aromatic rings. The summed E-state index contributed by atoms with van der Waals surface area (Å²) >= 11 is 0. The molecule has 0 unspecified atom stereocenters. The Hall–Kier alpha value is -2.18. The lowest BCUT2D eigenvalue weighted by Gasteiger charge is -2.07. The average molecular weight is 273 g/mol. The molecule has 5 nitrogen and oxygen atoms in total. The van der Waals surface area contributed by atoms with Crippen LogP contribution in [-0.2, 0) is 10.0 Å². The summed E-state index contributed by atoms with van der Waals surface area (Å²) in [5, 5.41) is 6.12. The second-order valence-corrected chi connectivity index (χ2v) is 5.62. The highest BCUT2D eigenvalue weighted by Crippen LogP contribution is 2.25. The number of sulfonamides is 1. The third-order valence-corrected chi connectivity index (χ3v) is 3.73. The first-order chi connectivity index (χ1) is 9.07. The van der Waals surface area contributed by atoms with Crippen LogP contribution in [0.3, 0.4) is 0 Å². The Balaban J connectivity index is 2.45. The number of nitrogens with zero attached hydrogens (tertiary/aromatic N) is 2. The summed E-state index contributed by atoms with van der Waals surface area (Å²) in [5.41, 5.74) is 0.755. The number of primary sulfonamides is 1. The van der Waals surface area contributed by atoms with Crippen LogP contribution in [-0.4, -0.2) is 18.0 Å². The zero-order valence-electron chi connectivity index (χ0n) is 9.89. The van der Waals surface area contributed by atoms with Gasteiger partial charge < -0.3 is 0 Å². The Morgan fingerprint density at radius 3 is 2.47 bits per heavy atom. The van der Waals surface area contributed by atoms with Gasteiger partial charge in [-0.05, 0) is 24.3 Å². The molecule has 6 heteroatoms. The second-order valence-electron chi connectivity index (χ2n) is 4.11. The maximum Gasteiger partial charge on any atom is 0.254 e. The predicted molar refractivity (Wildman–Crippen MR) is 72.4 cm³/mol. The van der Waals surface area contributed by atoms with Gasteiger partial charge in [0.05, 0.1) is 5.52 Å². The quantitative estimate of drug-likeness (QED) is 0.771. The summed E-state index contributed by atoms with van der Waals surface area (Å²) in [7, 11) is -3.82. The van der Waals surface area contributed by atoms with Crippen LogP contribution in [0.15, 0.2) is 59.8 Å². The van der Waals surface area contributed by atoms with E-state index in [9.17, 15) is 8.42 Å². The molecule has 0 aliphatic heterocycles. The fourth-order valence-corrected chi connectivity index (χ4v) is 2.80. The number of aromatic nitrogens is 2. The zero-order valence-corrected chi connectivity index (χ0v) is 10.7. The second kappa shape index (κ2) is 4.18. The molecular formula is C13H11N3O2S. The van der Waals surface area contributed by atoms with Crippen LogP contribution < -0.4 is 5.14 Å². The van der Waals surface area contributed by atoms with Gasteiger partial charge in [-0.1, -0.05) is 24.3 Å². The Labute approximate surface area is 110 Å². The lowest BCUT2D eigenvalue weighted by atomic mass is 10.2. The highest BCUT2D eigenvalue weighted by atomic mass is 32.2. The van der Waals surface area contributed by atoms with E-state index in [1.165, 1.54) is 0 Å². The van der Waals surface area contributed by atoms with Crippen molar-refractivity contribution >= 4 is 20.9 Å². The molecule has 96 valence electrons. The predicted octanol–water partition coefficient (Wildman–Crippen LogP) is 1.67. The van der Waals surface area contributed by atoms with Crippen molar-refractivity contribution in [3.05, 3.63) is 54.7 Å². The van der Waals surface area contributed by atoms with E-state index in [0.717, 1.165) is 10.9 Å². The molecular weight excluding hydrogens is 262 g/mol. The standard InChI is InChI=1S/C13H11N3O2S/c14-19(17,18)13-9-10-5-1-2-6-11(10)16(13)12-7-3-4-8-15-12/h1-9H,(H2,14,17,18). The summed E-state index contributed by atoms with van der Waals surface area (Å²) in [6, 6.07) is 14.2. The number of benzene rings is 1. The van der Waals surface area contributed by atoms with Gasteiger partial charge in [0.25, 0.3) is 10.0 Å². The van der Waals surface area contributed by atoms with Gasteiger partial charge in [-0.3, -0.25) is 4.57 Å². The third kappa shape index (κ3) is 2.00. The van der Waals surface area contributed by atoms with Gasteiger partial charge in [-0.2, -0.15) is 0 Å². The summed E-state index contributed by atoms with van der Waals surface area (Å²) in [4.78, 5) is 4.19. The maximum absolute atomic E-state index is 11.7. The van der Waals surface area contributed by atoms with E-state index in [0.29, 0.717) is 5.82 Å². The topological polar surface area (TPSA) is 78.0 Å². The van der Waals surface area contributed by atoms with E-state index >= 15 is 0 Å². The third-order valence-electron chi connectivity index (χ3n) is 2.85. The monoisotopic (exact) mass is 273 g/mol. The fraction of sp³-hybridized carbons (Fsp3) is 0. The van der Waals surface area contributed by atoms with E-state index in [-0.39, 0.29) is 5.03 Å². The van der Waals surface area contributed by atoms with E-state index in [1.54, 1.807) is 35.0 Å². The van der Waals surface area contributed by atoms with Crippen LogP contribution in [0, 0.1) is 0 Å². The van der Waals surface area contributed by atoms with Gasteiger partial charge in [0.2, 0.25) is 0 Å². The molecule has 2 heterocycles. The number of para-hydroxylation sites is 1. The van der Waals surface area contributed by atoms with Gasteiger partial charge in [0, 0.05) is 11.6 Å². The molecule has 0 amide bonds. The average Bonchev–Trinajstić information content (AvgIpc) is 2.79. The molecule has 3 rings (SSSR count). The highest BCUT2D eigenvalue weighted by molar-refractivity contribution is 7.89. The minimum absolute atomic E-state index is 0.0346. The fourth-order valence-electron chi connectivity index (χ4n) is 2.06. The van der Waals surface area contributed by atoms with E-state index in [1.807, 2.05) is 24.3 Å². The Morgan fingerprint density at radius 1 is 1.05 bits per heavy atom. The lowest BCUT2D eigenvalue weighted by Crippen LogP contribution is -2.16. The van der Waals surface area contributed by atoms with Gasteiger partial charge in [-0.25, -0.2) is 18.5 Å². The minimum atomic E-state index is -3.82. The van der Waals surface area contributed by atoms with Gasteiger partial charge in [0.1, 0.15) is 5.82 Å². The van der Waals surface area contributed by atoms with Crippen LogP contribution in [0.1, 0.15) is 0 Å². The molecule has 0 saturated heterocycles. The molecule has 0 aliphatic carbocycles. The molecule has 0 atom stereocenters. The number of nitrogens with two attached hydrogens (primary N) is 1. The van der Waals surface area contributed by atoms with E-state index < -0.39 is 10.0 Å². The van der Waals surface area contributed by atoms with Gasteiger partial charge >= 0.3 is 0 Å². The van der Waals surface area contributed by atoms with Crippen molar-refractivity contribution in [2.75, 3.05) is 0 Å². The van der Waals surface area contributed by atoms with Crippen molar-refractivity contribution in [1.29, 1.82) is 0 Å². The van der Waals surface area contributed by atoms with Crippen molar-refractivity contribution in [2.45, 2.75) is 5.03 Å². The minimum Gasteiger partial charge on any atom is -0.283 e. The largest absolute Gasteiger partial charge is 0.283 e. The first-order valence-corrected chi connectivity index (χ1v) is 7.17. The Bertz CT molecular complexity index is 839. The lowest BCUT2D eigenvalue weighted by molar-refractivity contribution is 0.591. The maximum atomic E-state index is 11.7. The normalized spacial score (nSPS) is 11.8. The number of hydrogen-bond donors (Lipinski definition) is 1. The molecule has 19 heavy (non-hydrogen) atoms. The van der Waals surface area contributed by atoms with Crippen molar-refractivity contribution in [1.82, 2.24) is 9.55 Å². The van der Waals surface area contributed by atoms with Crippen molar-refractivity contribution in [3.8, 4) is 5.82 Å². The summed E-state index contributed by atoms with van der Waals surface area (Å²) in [6.45, 7) is 0. The summed E-state index contributed by atoms with van der Waals surface area (Å²) < 4.78 is 25.0. The van der Waals surface area contributed by atoms with Gasteiger partial charge in [-0.15, -0.1) is 0 Å². The molecule has 0 radical (unpaired) electrons. The van der Waals surface area contributed by atoms with Crippen LogP contribution >= 0.6 is 0 Å². The highest BCUT2D eigenvalue weighted by Gasteiger charge is 2.19. The first-order valence-electron chi connectivity index (χ1n) is 5.62. The van der Waals surface area contributed by atoms with Crippen molar-refractivity contribution in [3.63, 3.8) is 0 Å². The smallest absolute Gasteiger partial charge is 0.254 e. The summed E-state index contributed by atoms with van der Waals surface area (Å²) in [5.74, 6) is 0.521. The van der Waals surface area contributed by atoms with Crippen LogP contribution in [0.25, 0.3) is 16.7 Å². The molecule has 0 bridgehead atoms. The van der Waals surface area contributed by atoms with E-state index in [4.69, 9.17) is 5.14 Å². The summed E-state index contributed by atoms with van der Waals surface area (Å²) in [6.07, 6.45) is 1.61. The van der Waals surface area contributed by atoms with Crippen molar-refractivity contribution < 1.29 is 8.42 Å². The van der Waals surface area contributed by atoms with Crippen molar-refractivity contribution in [2.24, 2.45) is 5.14 Å². The van der Waals surface area contributed by atoms with Gasteiger partial charge in [0.15, 0.2) is 5.03 Å².